The Morgan fingerprint density at radius 3 is 1.50 bits per heavy atom. The van der Waals surface area contributed by atoms with Gasteiger partial charge in [0.05, 0.1) is 29.0 Å². The summed E-state index contributed by atoms with van der Waals surface area (Å²) in [5.41, 5.74) is 3.39. The van der Waals surface area contributed by atoms with Gasteiger partial charge in [-0.15, -0.1) is 0 Å². The molecule has 5 nitrogen and oxygen atoms in total. The number of nitrogens with zero attached hydrogens (tertiary/aromatic N) is 3. The van der Waals surface area contributed by atoms with E-state index in [9.17, 15) is 0 Å². The van der Waals surface area contributed by atoms with Crippen molar-refractivity contribution in [2.45, 2.75) is 6.42 Å². The molecule has 4 aromatic carbocycles. The van der Waals surface area contributed by atoms with Crippen molar-refractivity contribution in [2.24, 2.45) is 15.0 Å². The van der Waals surface area contributed by atoms with Gasteiger partial charge < -0.3 is 9.47 Å². The summed E-state index contributed by atoms with van der Waals surface area (Å²) in [6, 6.07) is 34.7. The second-order valence-corrected chi connectivity index (χ2v) is 9.64. The number of hydrogen-bond donors (Lipinski definition) is 0. The molecule has 0 spiro atoms. The Hall–Kier alpha value is -3.67. The van der Waals surface area contributed by atoms with Gasteiger partial charge in [0, 0.05) is 12.6 Å². The maximum absolute atomic E-state index is 5.82. The minimum atomic E-state index is 0.194. The van der Waals surface area contributed by atoms with E-state index in [1.807, 2.05) is 115 Å². The molecule has 38 heavy (non-hydrogen) atoms. The van der Waals surface area contributed by atoms with Crippen LogP contribution in [0.3, 0.4) is 0 Å². The average molecular weight is 584 g/mol. The minimum absolute atomic E-state index is 0.194. The van der Waals surface area contributed by atoms with Crippen LogP contribution in [-0.2, 0) is 13.1 Å². The molecule has 1 aliphatic heterocycles. The predicted molar refractivity (Wildman–Crippen MR) is 154 cm³/mol. The molecular weight excluding hydrogens is 561 g/mol. The van der Waals surface area contributed by atoms with Gasteiger partial charge in [-0.25, -0.2) is 0 Å². The summed E-state index contributed by atoms with van der Waals surface area (Å²) in [5, 5.41) is 0. The summed E-state index contributed by atoms with van der Waals surface area (Å²) in [7, 11) is 9.53. The molecule has 0 aliphatic carbocycles. The molecule has 0 saturated heterocycles. The van der Waals surface area contributed by atoms with Gasteiger partial charge in [0.2, 0.25) is 0 Å². The van der Waals surface area contributed by atoms with Crippen LogP contribution in [0.5, 0.6) is 23.0 Å². The van der Waals surface area contributed by atoms with Crippen LogP contribution in [0.2, 0.25) is 0 Å². The third-order valence-corrected chi connectivity index (χ3v) is 5.13. The van der Waals surface area contributed by atoms with Crippen LogP contribution < -0.4 is 9.47 Å². The van der Waals surface area contributed by atoms with Gasteiger partial charge in [-0.2, -0.15) is 0 Å². The first kappa shape index (κ1) is 27.4. The van der Waals surface area contributed by atoms with E-state index in [1.165, 1.54) is 0 Å². The summed E-state index contributed by atoms with van der Waals surface area (Å²) in [6.45, 7) is 0. The molecule has 0 unspecified atom stereocenters. The quantitative estimate of drug-likeness (QED) is 0.153. The zero-order valence-corrected chi connectivity index (χ0v) is 22.7. The molecule has 0 saturated carbocycles. The van der Waals surface area contributed by atoms with E-state index in [0.717, 1.165) is 52.2 Å². The molecule has 0 atom stereocenters. The second kappa shape index (κ2) is 14.9. The number of halogens is 2. The van der Waals surface area contributed by atoms with E-state index in [2.05, 4.69) is 15.0 Å². The van der Waals surface area contributed by atoms with Crippen molar-refractivity contribution in [3.05, 3.63) is 121 Å². The Balaban J connectivity index is 0.00000107. The molecule has 4 aromatic rings. The number of allylic oxidation sites excluding steroid dienone is 2. The van der Waals surface area contributed by atoms with Crippen molar-refractivity contribution < 1.29 is 22.6 Å². The summed E-state index contributed by atoms with van der Waals surface area (Å²) in [5.74, 6) is 3.15. The Morgan fingerprint density at radius 1 is 0.605 bits per heavy atom. The zero-order chi connectivity index (χ0) is 26.4. The number of aliphatic imine (C=N–C) groups is 3. The third-order valence-electron chi connectivity index (χ3n) is 5.13. The van der Waals surface area contributed by atoms with Crippen LogP contribution in [0.25, 0.3) is 0 Å². The van der Waals surface area contributed by atoms with Gasteiger partial charge in [-0.3, -0.25) is 15.0 Å². The van der Waals surface area contributed by atoms with Gasteiger partial charge in [0.1, 0.15) is 23.0 Å². The Bertz CT molecular complexity index is 1410. The fourth-order valence-corrected chi connectivity index (χ4v) is 3.37. The molecule has 0 fully saturated rings. The SMILES string of the molecule is C(=Nc1ccc(Oc2ccccc2)cc1)C1=CCC(C=Nc2ccc(Oc3ccccc3)cc2)=N1.[Cl][Fe][Cl]. The molecule has 0 bridgehead atoms. The fourth-order valence-electron chi connectivity index (χ4n) is 3.37. The molecule has 0 aromatic heterocycles. The average Bonchev–Trinajstić information content (AvgIpc) is 3.42. The fraction of sp³-hybridized carbons (Fsp3) is 0.0333. The molecule has 0 amide bonds. The van der Waals surface area contributed by atoms with Crippen molar-refractivity contribution in [2.75, 3.05) is 0 Å². The Labute approximate surface area is 236 Å². The Morgan fingerprint density at radius 2 is 1.03 bits per heavy atom. The van der Waals surface area contributed by atoms with E-state index < -0.39 is 0 Å². The standard InChI is InChI=1S/C30H23N3O2.2ClH.Fe/c1-3-7-27(8-4-1)34-29-17-13-23(14-18-29)31-21-25-11-12-26(33-25)22-32-24-15-19-30(20-16-24)35-28-9-5-2-6-10-28;;;/h1-11,13-22H,12H2;2*1H;/q;;;+2/p-2. The van der Waals surface area contributed by atoms with Crippen molar-refractivity contribution in [3.8, 4) is 23.0 Å². The second-order valence-electron chi connectivity index (χ2n) is 7.82. The summed E-state index contributed by atoms with van der Waals surface area (Å²) >= 11 is 0.194. The number of ether oxygens (including phenoxy) is 2. The van der Waals surface area contributed by atoms with Crippen LogP contribution in [0.1, 0.15) is 6.42 Å². The van der Waals surface area contributed by atoms with Gasteiger partial charge >= 0.3 is 33.3 Å². The molecule has 1 aliphatic rings. The number of benzene rings is 4. The molecule has 192 valence electrons. The number of rotatable bonds is 8. The van der Waals surface area contributed by atoms with Crippen LogP contribution in [0.4, 0.5) is 11.4 Å². The van der Waals surface area contributed by atoms with Crippen molar-refractivity contribution in [1.82, 2.24) is 0 Å². The molecule has 0 radical (unpaired) electrons. The maximum atomic E-state index is 5.82. The van der Waals surface area contributed by atoms with Gasteiger partial charge in [0.25, 0.3) is 0 Å². The van der Waals surface area contributed by atoms with E-state index in [1.54, 1.807) is 12.4 Å². The number of hydrogen-bond acceptors (Lipinski definition) is 5. The van der Waals surface area contributed by atoms with Crippen LogP contribution >= 0.6 is 20.2 Å². The van der Waals surface area contributed by atoms with Crippen molar-refractivity contribution >= 4 is 49.7 Å². The topological polar surface area (TPSA) is 55.5 Å². The van der Waals surface area contributed by atoms with E-state index in [0.29, 0.717) is 0 Å². The summed E-state index contributed by atoms with van der Waals surface area (Å²) < 4.78 is 11.6. The van der Waals surface area contributed by atoms with Crippen LogP contribution in [0.15, 0.2) is 136 Å². The van der Waals surface area contributed by atoms with Crippen LogP contribution in [0, 0.1) is 0 Å². The predicted octanol–water partition coefficient (Wildman–Crippen LogP) is 9.48. The van der Waals surface area contributed by atoms with Crippen molar-refractivity contribution in [1.29, 1.82) is 0 Å². The normalized spacial score (nSPS) is 12.7. The Kier molecular flexibility index (Phi) is 10.7. The van der Waals surface area contributed by atoms with E-state index in [4.69, 9.17) is 29.7 Å². The van der Waals surface area contributed by atoms with Crippen LogP contribution in [-0.4, -0.2) is 18.1 Å². The van der Waals surface area contributed by atoms with Gasteiger partial charge in [-0.1, -0.05) is 42.5 Å². The zero-order valence-electron chi connectivity index (χ0n) is 20.1. The summed E-state index contributed by atoms with van der Waals surface area (Å²) in [4.78, 5) is 13.6. The molecule has 8 heteroatoms. The molecule has 1 heterocycles. The van der Waals surface area contributed by atoms with E-state index >= 15 is 0 Å². The first-order valence-electron chi connectivity index (χ1n) is 11.6. The van der Waals surface area contributed by atoms with Gasteiger partial charge in [-0.05, 0) is 72.8 Å². The van der Waals surface area contributed by atoms with Gasteiger partial charge in [0.15, 0.2) is 0 Å². The first-order valence-corrected chi connectivity index (χ1v) is 14.6. The monoisotopic (exact) mass is 583 g/mol. The van der Waals surface area contributed by atoms with Crippen molar-refractivity contribution in [3.63, 3.8) is 0 Å². The van der Waals surface area contributed by atoms with E-state index in [-0.39, 0.29) is 13.1 Å². The molecular formula is C30H23Cl2FeN3O2. The third kappa shape index (κ3) is 9.01. The first-order chi connectivity index (χ1) is 18.7. The number of para-hydroxylation sites is 2. The summed E-state index contributed by atoms with van der Waals surface area (Å²) in [6.07, 6.45) is 6.32. The molecule has 0 N–H and O–H groups in total. The molecule has 5 rings (SSSR count).